The summed E-state index contributed by atoms with van der Waals surface area (Å²) >= 11 is 0. The topological polar surface area (TPSA) is 29.5 Å². The molecule has 13 heavy (non-hydrogen) atoms. The van der Waals surface area contributed by atoms with E-state index in [0.717, 1.165) is 38.8 Å². The number of carbonyl (C=O) groups is 1. The molecule has 2 aliphatic rings. The fourth-order valence-corrected chi connectivity index (χ4v) is 2.00. The largest absolute Gasteiger partial charge is 0.368 e. The summed E-state index contributed by atoms with van der Waals surface area (Å²) in [6, 6.07) is 0. The van der Waals surface area contributed by atoms with Crippen LogP contribution in [0.2, 0.25) is 0 Å². The SMILES string of the molecule is COC1(C(=O)N2CCCCC2)CC1. The van der Waals surface area contributed by atoms with Gasteiger partial charge in [-0.25, -0.2) is 0 Å². The van der Waals surface area contributed by atoms with Crippen molar-refractivity contribution < 1.29 is 9.53 Å². The maximum Gasteiger partial charge on any atom is 0.254 e. The van der Waals surface area contributed by atoms with E-state index in [1.807, 2.05) is 4.90 Å². The second-order valence-corrected chi connectivity index (χ2v) is 4.05. The van der Waals surface area contributed by atoms with Crippen molar-refractivity contribution in [1.82, 2.24) is 4.90 Å². The van der Waals surface area contributed by atoms with Crippen molar-refractivity contribution in [2.24, 2.45) is 0 Å². The molecule has 0 bridgehead atoms. The van der Waals surface area contributed by atoms with Gasteiger partial charge in [-0.1, -0.05) is 0 Å². The molecule has 2 fully saturated rings. The minimum absolute atomic E-state index is 0.231. The van der Waals surface area contributed by atoms with Crippen LogP contribution in [-0.4, -0.2) is 36.6 Å². The van der Waals surface area contributed by atoms with Gasteiger partial charge in [-0.05, 0) is 32.1 Å². The minimum Gasteiger partial charge on any atom is -0.368 e. The van der Waals surface area contributed by atoms with E-state index in [0.29, 0.717) is 0 Å². The van der Waals surface area contributed by atoms with E-state index in [9.17, 15) is 4.79 Å². The van der Waals surface area contributed by atoms with Crippen molar-refractivity contribution in [3.63, 3.8) is 0 Å². The number of carbonyl (C=O) groups excluding carboxylic acids is 1. The smallest absolute Gasteiger partial charge is 0.254 e. The lowest BCUT2D eigenvalue weighted by molar-refractivity contribution is -0.145. The zero-order chi connectivity index (χ0) is 9.31. The average Bonchev–Trinajstić information content (AvgIpc) is 2.99. The van der Waals surface area contributed by atoms with Crippen molar-refractivity contribution in [3.05, 3.63) is 0 Å². The molecule has 1 saturated heterocycles. The first-order valence-corrected chi connectivity index (χ1v) is 5.13. The molecular formula is C10H17NO2. The molecule has 0 aromatic carbocycles. The van der Waals surface area contributed by atoms with Gasteiger partial charge in [0.1, 0.15) is 5.60 Å². The molecule has 0 radical (unpaired) electrons. The van der Waals surface area contributed by atoms with Crippen molar-refractivity contribution in [2.75, 3.05) is 20.2 Å². The summed E-state index contributed by atoms with van der Waals surface area (Å²) in [4.78, 5) is 13.9. The van der Waals surface area contributed by atoms with Gasteiger partial charge in [0.25, 0.3) is 5.91 Å². The highest BCUT2D eigenvalue weighted by Gasteiger charge is 2.52. The Morgan fingerprint density at radius 2 is 1.85 bits per heavy atom. The maximum atomic E-state index is 11.9. The third-order valence-electron chi connectivity index (χ3n) is 3.13. The molecule has 0 atom stereocenters. The molecule has 1 amide bonds. The Hall–Kier alpha value is -0.570. The lowest BCUT2D eigenvalue weighted by Crippen LogP contribution is -2.44. The third kappa shape index (κ3) is 1.57. The summed E-state index contributed by atoms with van der Waals surface area (Å²) < 4.78 is 5.27. The molecule has 3 nitrogen and oxygen atoms in total. The number of hydrogen-bond donors (Lipinski definition) is 0. The number of ether oxygens (including phenoxy) is 1. The van der Waals surface area contributed by atoms with Gasteiger partial charge in [-0.2, -0.15) is 0 Å². The van der Waals surface area contributed by atoms with Gasteiger partial charge in [0, 0.05) is 20.2 Å². The van der Waals surface area contributed by atoms with Crippen LogP contribution in [0.4, 0.5) is 0 Å². The molecule has 1 aliphatic carbocycles. The molecule has 74 valence electrons. The number of piperidine rings is 1. The molecule has 0 aromatic heterocycles. The van der Waals surface area contributed by atoms with Crippen LogP contribution in [0.1, 0.15) is 32.1 Å². The van der Waals surface area contributed by atoms with Crippen LogP contribution in [0.5, 0.6) is 0 Å². The zero-order valence-corrected chi connectivity index (χ0v) is 8.21. The lowest BCUT2D eigenvalue weighted by atomic mass is 10.1. The van der Waals surface area contributed by atoms with Gasteiger partial charge in [0.15, 0.2) is 0 Å². The summed E-state index contributed by atoms with van der Waals surface area (Å²) in [6.45, 7) is 1.87. The van der Waals surface area contributed by atoms with Gasteiger partial charge >= 0.3 is 0 Å². The standard InChI is InChI=1S/C10H17NO2/c1-13-10(5-6-10)9(12)11-7-3-2-4-8-11/h2-8H2,1H3. The number of amides is 1. The number of methoxy groups -OCH3 is 1. The monoisotopic (exact) mass is 183 g/mol. The fraction of sp³-hybridized carbons (Fsp3) is 0.900. The molecule has 0 unspecified atom stereocenters. The fourth-order valence-electron chi connectivity index (χ4n) is 2.00. The first-order valence-electron chi connectivity index (χ1n) is 5.13. The third-order valence-corrected chi connectivity index (χ3v) is 3.13. The van der Waals surface area contributed by atoms with Crippen LogP contribution in [-0.2, 0) is 9.53 Å². The Morgan fingerprint density at radius 1 is 1.23 bits per heavy atom. The first-order chi connectivity index (χ1) is 6.28. The summed E-state index contributed by atoms with van der Waals surface area (Å²) in [5, 5.41) is 0. The van der Waals surface area contributed by atoms with E-state index in [1.165, 1.54) is 6.42 Å². The quantitative estimate of drug-likeness (QED) is 0.643. The van der Waals surface area contributed by atoms with E-state index in [1.54, 1.807) is 7.11 Å². The highest BCUT2D eigenvalue weighted by atomic mass is 16.5. The van der Waals surface area contributed by atoms with E-state index in [-0.39, 0.29) is 5.91 Å². The Morgan fingerprint density at radius 3 is 2.31 bits per heavy atom. The van der Waals surface area contributed by atoms with Gasteiger partial charge < -0.3 is 9.64 Å². The molecule has 0 spiro atoms. The Balaban J connectivity index is 1.95. The molecule has 0 aromatic rings. The van der Waals surface area contributed by atoms with Crippen LogP contribution in [0.25, 0.3) is 0 Å². The summed E-state index contributed by atoms with van der Waals surface area (Å²) in [5.74, 6) is 0.231. The summed E-state index contributed by atoms with van der Waals surface area (Å²) in [6.07, 6.45) is 5.42. The van der Waals surface area contributed by atoms with Gasteiger partial charge in [0.05, 0.1) is 0 Å². The number of rotatable bonds is 2. The highest BCUT2D eigenvalue weighted by molar-refractivity contribution is 5.88. The van der Waals surface area contributed by atoms with Crippen molar-refractivity contribution in [2.45, 2.75) is 37.7 Å². The molecule has 2 rings (SSSR count). The predicted molar refractivity (Wildman–Crippen MR) is 49.4 cm³/mol. The lowest BCUT2D eigenvalue weighted by Gasteiger charge is -2.29. The molecule has 1 heterocycles. The molecule has 0 N–H and O–H groups in total. The molecule has 3 heteroatoms. The van der Waals surface area contributed by atoms with Crippen molar-refractivity contribution in [1.29, 1.82) is 0 Å². The van der Waals surface area contributed by atoms with Gasteiger partial charge in [0.2, 0.25) is 0 Å². The van der Waals surface area contributed by atoms with Crippen molar-refractivity contribution in [3.8, 4) is 0 Å². The van der Waals surface area contributed by atoms with Gasteiger partial charge in [-0.15, -0.1) is 0 Å². The predicted octanol–water partition coefficient (Wildman–Crippen LogP) is 1.18. The van der Waals surface area contributed by atoms with E-state index in [2.05, 4.69) is 0 Å². The van der Waals surface area contributed by atoms with Crippen LogP contribution in [0, 0.1) is 0 Å². The Labute approximate surface area is 79.0 Å². The van der Waals surface area contributed by atoms with Crippen LogP contribution >= 0.6 is 0 Å². The first kappa shape index (κ1) is 9.00. The van der Waals surface area contributed by atoms with E-state index < -0.39 is 5.60 Å². The molecule has 1 saturated carbocycles. The maximum absolute atomic E-state index is 11.9. The second kappa shape index (κ2) is 3.29. The van der Waals surface area contributed by atoms with E-state index >= 15 is 0 Å². The summed E-state index contributed by atoms with van der Waals surface area (Å²) in [5.41, 5.74) is -0.405. The number of nitrogens with zero attached hydrogens (tertiary/aromatic N) is 1. The highest BCUT2D eigenvalue weighted by Crippen LogP contribution is 2.40. The van der Waals surface area contributed by atoms with Crippen molar-refractivity contribution >= 4 is 5.91 Å². The van der Waals surface area contributed by atoms with E-state index in [4.69, 9.17) is 4.74 Å². The number of hydrogen-bond acceptors (Lipinski definition) is 2. The normalized spacial score (nSPS) is 25.8. The average molecular weight is 183 g/mol. The second-order valence-electron chi connectivity index (χ2n) is 4.05. The zero-order valence-electron chi connectivity index (χ0n) is 8.21. The molecule has 1 aliphatic heterocycles. The Bertz CT molecular complexity index is 205. The van der Waals surface area contributed by atoms with Crippen LogP contribution in [0.3, 0.4) is 0 Å². The number of likely N-dealkylation sites (tertiary alicyclic amines) is 1. The Kier molecular flexibility index (Phi) is 2.28. The van der Waals surface area contributed by atoms with Crippen LogP contribution < -0.4 is 0 Å². The molecular weight excluding hydrogens is 166 g/mol. The van der Waals surface area contributed by atoms with Gasteiger partial charge in [-0.3, -0.25) is 4.79 Å². The minimum atomic E-state index is -0.405. The van der Waals surface area contributed by atoms with Crippen LogP contribution in [0.15, 0.2) is 0 Å². The summed E-state index contributed by atoms with van der Waals surface area (Å²) in [7, 11) is 1.65.